The number of hydrogen-bond acceptors (Lipinski definition) is 8. The Balaban J connectivity index is 1.51. The maximum Gasteiger partial charge on any atom is 0.419 e. The number of allylic oxidation sites excluding steroid dienone is 1. The third-order valence-electron chi connectivity index (χ3n) is 7.60. The van der Waals surface area contributed by atoms with Gasteiger partial charge in [-0.25, -0.2) is 22.2 Å². The Kier molecular flexibility index (Phi) is 7.70. The monoisotopic (exact) mass is 589 g/mol. The summed E-state index contributed by atoms with van der Waals surface area (Å²) in [6, 6.07) is 4.13. The first-order valence-corrected chi connectivity index (χ1v) is 14.9. The van der Waals surface area contributed by atoms with E-state index in [0.717, 1.165) is 29.6 Å². The molecule has 3 heterocycles. The highest BCUT2D eigenvalue weighted by atomic mass is 32.2. The molecule has 2 fully saturated rings. The molecule has 9 nitrogen and oxygen atoms in total. The van der Waals surface area contributed by atoms with E-state index in [4.69, 9.17) is 0 Å². The minimum absolute atomic E-state index is 0.0334. The second kappa shape index (κ2) is 10.7. The molecule has 0 radical (unpaired) electrons. The molecule has 3 N–H and O–H groups in total. The summed E-state index contributed by atoms with van der Waals surface area (Å²) in [5, 5.41) is 9.22. The van der Waals surface area contributed by atoms with Crippen LogP contribution in [0.25, 0.3) is 0 Å². The van der Waals surface area contributed by atoms with E-state index in [1.807, 2.05) is 0 Å². The van der Waals surface area contributed by atoms with Gasteiger partial charge in [0.05, 0.1) is 24.2 Å². The Bertz CT molecular complexity index is 1330. The lowest BCUT2D eigenvalue weighted by Crippen LogP contribution is -2.61. The van der Waals surface area contributed by atoms with Crippen molar-refractivity contribution in [3.05, 3.63) is 46.9 Å². The number of alkyl halides is 4. The Morgan fingerprint density at radius 1 is 1.23 bits per heavy atom. The summed E-state index contributed by atoms with van der Waals surface area (Å²) in [6.45, 7) is 1.45. The summed E-state index contributed by atoms with van der Waals surface area (Å²) in [5.74, 6) is -0.211. The van der Waals surface area contributed by atoms with Gasteiger partial charge in [-0.15, -0.1) is 0 Å². The molecule has 1 aliphatic carbocycles. The van der Waals surface area contributed by atoms with Gasteiger partial charge in [-0.3, -0.25) is 10.3 Å². The van der Waals surface area contributed by atoms with Crippen LogP contribution in [0.3, 0.4) is 0 Å². The van der Waals surface area contributed by atoms with Crippen molar-refractivity contribution in [1.82, 2.24) is 25.2 Å². The van der Waals surface area contributed by atoms with Gasteiger partial charge in [0, 0.05) is 55.3 Å². The van der Waals surface area contributed by atoms with Crippen LogP contribution in [0.5, 0.6) is 0 Å². The normalized spacial score (nSPS) is 29.8. The summed E-state index contributed by atoms with van der Waals surface area (Å²) in [4.78, 5) is 9.88. The molecule has 5 rings (SSSR count). The number of nitrogens with zero attached hydrogens (tertiary/aromatic N) is 4. The van der Waals surface area contributed by atoms with Crippen molar-refractivity contribution in [2.45, 2.75) is 69.1 Å². The molecule has 1 aromatic carbocycles. The standard InChI is InChI=1S/C25H32F5N7O2S/c1-15-33-14-24(35-15,19-5-3-4-16(22(19)27)10-31-18-6-7-18)37-12-17(25(28,29)30)11-32-23(37)34-21-8-9-36(13-20(21)26)40(2,38)39/h3-5,11-12,18,20-21,23,31,34H,6-10,13-14H2,1-2H3,(H,33,35)/t20-,21+,23?,24?/m1/s1. The molecule has 1 saturated heterocycles. The van der Waals surface area contributed by atoms with E-state index in [2.05, 4.69) is 25.9 Å². The molecule has 4 atom stereocenters. The van der Waals surface area contributed by atoms with E-state index in [0.29, 0.717) is 23.7 Å². The van der Waals surface area contributed by atoms with E-state index in [-0.39, 0.29) is 31.6 Å². The topological polar surface area (TPSA) is 101 Å². The van der Waals surface area contributed by atoms with Gasteiger partial charge in [0.25, 0.3) is 0 Å². The van der Waals surface area contributed by atoms with E-state index < -0.39 is 58.3 Å². The zero-order chi connectivity index (χ0) is 28.9. The number of amidine groups is 1. The van der Waals surface area contributed by atoms with Crippen LogP contribution in [0, 0.1) is 5.82 Å². The molecule has 4 aliphatic rings. The SMILES string of the molecule is CC1=NC(c2cccc(CNC3CC3)c2F)(N2C=C(C(F)(F)F)C=NC2N[C@H]2CCN(S(C)(=O)=O)C[C@H]2F)CN1. The van der Waals surface area contributed by atoms with Gasteiger partial charge in [-0.1, -0.05) is 18.2 Å². The van der Waals surface area contributed by atoms with Crippen molar-refractivity contribution in [3.63, 3.8) is 0 Å². The molecule has 40 heavy (non-hydrogen) atoms. The van der Waals surface area contributed by atoms with Crippen molar-refractivity contribution in [2.24, 2.45) is 9.98 Å². The smallest absolute Gasteiger partial charge is 0.369 e. The van der Waals surface area contributed by atoms with Gasteiger partial charge in [0.15, 0.2) is 12.0 Å². The van der Waals surface area contributed by atoms with Gasteiger partial charge in [0.1, 0.15) is 12.0 Å². The zero-order valence-corrected chi connectivity index (χ0v) is 22.9. The van der Waals surface area contributed by atoms with Crippen LogP contribution in [0.4, 0.5) is 22.0 Å². The van der Waals surface area contributed by atoms with Crippen LogP contribution in [-0.2, 0) is 22.2 Å². The molecule has 2 unspecified atom stereocenters. The minimum Gasteiger partial charge on any atom is -0.369 e. The molecular formula is C25H32F5N7O2S. The quantitative estimate of drug-likeness (QED) is 0.403. The molecule has 0 aromatic heterocycles. The first-order valence-electron chi connectivity index (χ1n) is 13.1. The van der Waals surface area contributed by atoms with E-state index >= 15 is 8.78 Å². The predicted octanol–water partition coefficient (Wildman–Crippen LogP) is 2.33. The van der Waals surface area contributed by atoms with Gasteiger partial charge in [-0.2, -0.15) is 17.5 Å². The first kappa shape index (κ1) is 28.9. The third-order valence-corrected chi connectivity index (χ3v) is 8.87. The highest BCUT2D eigenvalue weighted by molar-refractivity contribution is 7.88. The molecule has 220 valence electrons. The van der Waals surface area contributed by atoms with Crippen LogP contribution in [0.2, 0.25) is 0 Å². The number of rotatable bonds is 8. The lowest BCUT2D eigenvalue weighted by Gasteiger charge is -2.45. The van der Waals surface area contributed by atoms with Crippen molar-refractivity contribution in [1.29, 1.82) is 0 Å². The summed E-state index contributed by atoms with van der Waals surface area (Å²) in [7, 11) is -3.61. The first-order chi connectivity index (χ1) is 18.8. The number of piperidine rings is 1. The van der Waals surface area contributed by atoms with Crippen molar-refractivity contribution in [3.8, 4) is 0 Å². The summed E-state index contributed by atoms with van der Waals surface area (Å²) in [5.41, 5.74) is -2.34. The highest BCUT2D eigenvalue weighted by Crippen LogP contribution is 2.40. The van der Waals surface area contributed by atoms with Crippen molar-refractivity contribution >= 4 is 22.1 Å². The number of hydrogen-bond donors (Lipinski definition) is 3. The number of benzene rings is 1. The van der Waals surface area contributed by atoms with Crippen molar-refractivity contribution in [2.75, 3.05) is 25.9 Å². The molecule has 0 spiro atoms. The van der Waals surface area contributed by atoms with Gasteiger partial charge >= 0.3 is 6.18 Å². The van der Waals surface area contributed by atoms with Crippen LogP contribution in [-0.4, -0.2) is 86.3 Å². The number of halogens is 5. The average molecular weight is 590 g/mol. The minimum atomic E-state index is -4.75. The molecular weight excluding hydrogens is 557 g/mol. The summed E-state index contributed by atoms with van der Waals surface area (Å²) >= 11 is 0. The number of sulfonamides is 1. The third kappa shape index (κ3) is 5.87. The van der Waals surface area contributed by atoms with Gasteiger partial charge in [0.2, 0.25) is 10.0 Å². The van der Waals surface area contributed by atoms with Gasteiger partial charge in [-0.05, 0) is 26.2 Å². The Morgan fingerprint density at radius 3 is 2.58 bits per heavy atom. The predicted molar refractivity (Wildman–Crippen MR) is 140 cm³/mol. The maximum atomic E-state index is 16.1. The molecule has 0 bridgehead atoms. The Hall–Kier alpha value is -2.62. The lowest BCUT2D eigenvalue weighted by molar-refractivity contribution is -0.0887. The molecule has 1 saturated carbocycles. The second-order valence-corrected chi connectivity index (χ2v) is 12.6. The van der Waals surface area contributed by atoms with Crippen LogP contribution < -0.4 is 16.0 Å². The molecule has 3 aliphatic heterocycles. The number of nitrogens with one attached hydrogen (secondary N) is 3. The second-order valence-electron chi connectivity index (χ2n) is 10.6. The Labute approximate surface area is 229 Å². The average Bonchev–Trinajstić information content (AvgIpc) is 3.63. The Morgan fingerprint density at radius 2 is 1.98 bits per heavy atom. The van der Waals surface area contributed by atoms with Crippen LogP contribution >= 0.6 is 0 Å². The fourth-order valence-corrected chi connectivity index (χ4v) is 6.08. The molecule has 1 aromatic rings. The van der Waals surface area contributed by atoms with Gasteiger partial charge < -0.3 is 15.5 Å². The summed E-state index contributed by atoms with van der Waals surface area (Å²) < 4.78 is 97.6. The molecule has 15 heteroatoms. The summed E-state index contributed by atoms with van der Waals surface area (Å²) in [6.07, 6.45) is -3.10. The fourth-order valence-electron chi connectivity index (χ4n) is 5.23. The van der Waals surface area contributed by atoms with E-state index in [9.17, 15) is 21.6 Å². The largest absolute Gasteiger partial charge is 0.419 e. The zero-order valence-electron chi connectivity index (χ0n) is 22.0. The lowest BCUT2D eigenvalue weighted by atomic mass is 9.94. The number of aliphatic imine (C=N–C) groups is 2. The highest BCUT2D eigenvalue weighted by Gasteiger charge is 2.49. The van der Waals surface area contributed by atoms with Crippen LogP contribution in [0.15, 0.2) is 40.0 Å². The van der Waals surface area contributed by atoms with E-state index in [1.165, 1.54) is 11.0 Å². The van der Waals surface area contributed by atoms with Crippen molar-refractivity contribution < 1.29 is 30.4 Å². The maximum absolute atomic E-state index is 16.1. The fraction of sp³-hybridized carbons (Fsp3) is 0.600. The van der Waals surface area contributed by atoms with E-state index in [1.54, 1.807) is 19.1 Å². The molecule has 0 amide bonds. The van der Waals surface area contributed by atoms with Crippen LogP contribution in [0.1, 0.15) is 37.3 Å².